The highest BCUT2D eigenvalue weighted by atomic mass is 131. The van der Waals surface area contributed by atoms with Crippen molar-refractivity contribution >= 4 is 101 Å². The van der Waals surface area contributed by atoms with E-state index in [2.05, 4.69) is 10.2 Å². The lowest BCUT2D eigenvalue weighted by atomic mass is 10.1. The second kappa shape index (κ2) is 16.4. The van der Waals surface area contributed by atoms with E-state index < -0.39 is 44.0 Å². The number of anilines is 1. The molecule has 3 N–H and O–H groups in total. The van der Waals surface area contributed by atoms with Crippen LogP contribution in [0, 0.1) is 7.14 Å². The number of esters is 2. The van der Waals surface area contributed by atoms with Crippen molar-refractivity contribution in [2.45, 2.75) is 23.6 Å². The van der Waals surface area contributed by atoms with Crippen molar-refractivity contribution in [2.24, 2.45) is 5.10 Å². The molecule has 1 aliphatic rings. The summed E-state index contributed by atoms with van der Waals surface area (Å²) in [5.41, 5.74) is -0.264. The molecule has 16 nitrogen and oxygen atoms in total. The lowest BCUT2D eigenvalue weighted by Gasteiger charge is -2.14. The van der Waals surface area contributed by atoms with Crippen LogP contribution in [0.2, 0.25) is 0 Å². The van der Waals surface area contributed by atoms with Crippen LogP contribution in [-0.2, 0) is 39.3 Å². The predicted molar refractivity (Wildman–Crippen MR) is 200 cm³/mol. The number of nitrogens with zero attached hydrogens (tertiary/aromatic N) is 4. The predicted octanol–water partition coefficient (Wildman–Crippen LogP) is 4.48. The smallest absolute Gasteiger partial charge is 0.359 e. The van der Waals surface area contributed by atoms with E-state index in [4.69, 9.17) is 9.47 Å². The SMILES string of the molecule is CCOC(=O)C1=NN(c2ccc(S(=O)(=O)O)cc2[131I])C(=O)\C1=C/C=C/C=C/C=C/c1c(C(=O)OCC)nn(-c2ccc(S(=O)(=O)O)cc2[131I])c1O. The van der Waals surface area contributed by atoms with Gasteiger partial charge in [0.05, 0.1) is 45.5 Å². The van der Waals surface area contributed by atoms with Crippen LogP contribution in [0.3, 0.4) is 0 Å². The molecular formula is C31H26I2N4O12S2. The number of benzene rings is 2. The van der Waals surface area contributed by atoms with Gasteiger partial charge in [0.2, 0.25) is 5.88 Å². The molecule has 0 aliphatic carbocycles. The Labute approximate surface area is 318 Å². The number of ether oxygens (including phenoxy) is 2. The molecule has 3 aromatic rings. The Hall–Kier alpha value is -4.23. The summed E-state index contributed by atoms with van der Waals surface area (Å²) in [4.78, 5) is 37.9. The molecule has 0 atom stereocenters. The van der Waals surface area contributed by atoms with E-state index in [9.17, 15) is 45.4 Å². The molecule has 2 heterocycles. The van der Waals surface area contributed by atoms with Crippen LogP contribution in [0.5, 0.6) is 5.88 Å². The molecular weight excluding hydrogens is 946 g/mol. The first-order valence-electron chi connectivity index (χ1n) is 14.3. The molecule has 0 unspecified atom stereocenters. The molecule has 0 spiro atoms. The topological polar surface area (TPSA) is 232 Å². The highest BCUT2D eigenvalue weighted by molar-refractivity contribution is 14.1. The van der Waals surface area contributed by atoms with Gasteiger partial charge >= 0.3 is 11.9 Å². The number of hydrazone groups is 1. The minimum absolute atomic E-state index is 0.00922. The van der Waals surface area contributed by atoms with Gasteiger partial charge < -0.3 is 14.6 Å². The van der Waals surface area contributed by atoms with Crippen molar-refractivity contribution in [1.29, 1.82) is 0 Å². The molecule has 0 bridgehead atoms. The van der Waals surface area contributed by atoms with Crippen LogP contribution in [-0.4, -0.2) is 77.6 Å². The fourth-order valence-corrected chi connectivity index (χ4v) is 7.23. The third-order valence-electron chi connectivity index (χ3n) is 6.57. The third kappa shape index (κ3) is 9.17. The van der Waals surface area contributed by atoms with Crippen LogP contribution in [0.25, 0.3) is 11.8 Å². The molecule has 2 aromatic carbocycles. The first kappa shape index (κ1) is 39.6. The number of carbonyl (C=O) groups is 3. The summed E-state index contributed by atoms with van der Waals surface area (Å²) in [5.74, 6) is -2.86. The van der Waals surface area contributed by atoms with E-state index in [1.54, 1.807) is 59.0 Å². The minimum atomic E-state index is -4.50. The second-order valence-electron chi connectivity index (χ2n) is 9.89. The quantitative estimate of drug-likeness (QED) is 0.0749. The normalized spacial score (nSPS) is 14.7. The zero-order chi connectivity index (χ0) is 37.7. The van der Waals surface area contributed by atoms with Crippen molar-refractivity contribution in [3.05, 3.63) is 96.8 Å². The molecule has 1 aliphatic heterocycles. The number of rotatable bonds is 12. The summed E-state index contributed by atoms with van der Waals surface area (Å²) in [5, 5.41) is 20.2. The monoisotopic (exact) mass is 972 g/mol. The fourth-order valence-electron chi connectivity index (χ4n) is 4.31. The minimum Gasteiger partial charge on any atom is -0.493 e. The van der Waals surface area contributed by atoms with Crippen molar-refractivity contribution in [1.82, 2.24) is 9.78 Å². The number of aromatic nitrogens is 2. The number of carbonyl (C=O) groups excluding carboxylic acids is 3. The van der Waals surface area contributed by atoms with Gasteiger partial charge in [-0.2, -0.15) is 36.7 Å². The van der Waals surface area contributed by atoms with Crippen molar-refractivity contribution in [3.63, 3.8) is 0 Å². The van der Waals surface area contributed by atoms with Crippen LogP contribution < -0.4 is 5.01 Å². The summed E-state index contributed by atoms with van der Waals surface area (Å²) in [6.07, 6.45) is 10.2. The Morgan fingerprint density at radius 2 is 1.35 bits per heavy atom. The molecule has 0 radical (unpaired) electrons. The third-order valence-corrected chi connectivity index (χ3v) is 10.0. The highest BCUT2D eigenvalue weighted by Gasteiger charge is 2.36. The van der Waals surface area contributed by atoms with Crippen LogP contribution in [0.15, 0.2) is 93.3 Å². The van der Waals surface area contributed by atoms with Gasteiger partial charge in [0.15, 0.2) is 11.4 Å². The van der Waals surface area contributed by atoms with Crippen LogP contribution in [0.1, 0.15) is 29.9 Å². The summed E-state index contributed by atoms with van der Waals surface area (Å²) < 4.78 is 76.4. The van der Waals surface area contributed by atoms with Gasteiger partial charge in [-0.25, -0.2) is 9.59 Å². The van der Waals surface area contributed by atoms with E-state index in [1.165, 1.54) is 60.7 Å². The Morgan fingerprint density at radius 3 is 1.90 bits per heavy atom. The van der Waals surface area contributed by atoms with Gasteiger partial charge in [-0.15, -0.1) is 0 Å². The Kier molecular flexibility index (Phi) is 12.7. The average Bonchev–Trinajstić information content (AvgIpc) is 3.55. The van der Waals surface area contributed by atoms with Crippen LogP contribution >= 0.6 is 45.2 Å². The summed E-state index contributed by atoms with van der Waals surface area (Å²) >= 11 is 3.56. The maximum Gasteiger partial charge on any atom is 0.359 e. The molecule has 4 rings (SSSR count). The molecule has 0 saturated heterocycles. The zero-order valence-electron chi connectivity index (χ0n) is 26.3. The van der Waals surface area contributed by atoms with Crippen molar-refractivity contribution in [3.8, 4) is 11.6 Å². The molecule has 51 heavy (non-hydrogen) atoms. The maximum atomic E-state index is 13.3. The van der Waals surface area contributed by atoms with Gasteiger partial charge in [-0.3, -0.25) is 13.9 Å². The molecule has 20 heteroatoms. The highest BCUT2D eigenvalue weighted by Crippen LogP contribution is 2.32. The molecule has 0 fully saturated rings. The Bertz CT molecular complexity index is 2290. The first-order chi connectivity index (χ1) is 24.0. The van der Waals surface area contributed by atoms with E-state index in [0.29, 0.717) is 0 Å². The van der Waals surface area contributed by atoms with E-state index in [0.717, 1.165) is 27.9 Å². The number of aromatic hydroxyl groups is 1. The fraction of sp³-hybridized carbons (Fsp3) is 0.129. The number of hydrogen-bond donors (Lipinski definition) is 3. The van der Waals surface area contributed by atoms with Crippen LogP contribution in [0.4, 0.5) is 5.69 Å². The standard InChI is InChI=1S/C31H26I2N4O12S2/c1-3-48-30(40)26-20(28(38)36(34-26)24-14-12-18(16-22(24)32)50(42,43)44)10-8-6-5-7-9-11-21-27(31(41)49-4-2)35-37(29(21)39)25-15-13-19(17-23(25)33)51(45,46)47/h5-17,38H,3-4H2,1-2H3,(H,42,43,44)(H,45,46,47)/b6-5+,9-7+,10-8+,21-11-/i32+4,33+4. The molecule has 268 valence electrons. The molecule has 1 aromatic heterocycles. The number of amides is 1. The molecule has 0 saturated carbocycles. The lowest BCUT2D eigenvalue weighted by molar-refractivity contribution is -0.135. The first-order valence-corrected chi connectivity index (χ1v) is 19.4. The molecule has 1 amide bonds. The number of hydrogen-bond acceptors (Lipinski definition) is 12. The summed E-state index contributed by atoms with van der Waals surface area (Å²) in [6, 6.07) is 7.07. The largest absolute Gasteiger partial charge is 0.493 e. The Balaban J connectivity index is 1.60. The van der Waals surface area contributed by atoms with E-state index in [1.807, 2.05) is 0 Å². The average molecular weight is 973 g/mol. The van der Waals surface area contributed by atoms with E-state index in [-0.39, 0.29) is 64.1 Å². The van der Waals surface area contributed by atoms with Crippen molar-refractivity contribution in [2.75, 3.05) is 18.2 Å². The van der Waals surface area contributed by atoms with Crippen molar-refractivity contribution < 1.29 is 54.9 Å². The second-order valence-corrected chi connectivity index (χ2v) is 15.1. The Morgan fingerprint density at radius 1 is 0.824 bits per heavy atom. The maximum absolute atomic E-state index is 13.3. The van der Waals surface area contributed by atoms with Gasteiger partial charge in [-0.05, 0) is 108 Å². The van der Waals surface area contributed by atoms with Gasteiger partial charge in [-0.1, -0.05) is 30.4 Å². The van der Waals surface area contributed by atoms with Gasteiger partial charge in [0, 0.05) is 7.14 Å². The van der Waals surface area contributed by atoms with Gasteiger partial charge in [0.1, 0.15) is 0 Å². The number of allylic oxidation sites excluding steroid dienone is 6. The van der Waals surface area contributed by atoms with Gasteiger partial charge in [0.25, 0.3) is 26.1 Å². The summed E-state index contributed by atoms with van der Waals surface area (Å²) in [6.45, 7) is 3.21. The van der Waals surface area contributed by atoms with E-state index >= 15 is 0 Å². The number of halogens is 2. The zero-order valence-corrected chi connectivity index (χ0v) is 32.2. The summed E-state index contributed by atoms with van der Waals surface area (Å²) in [7, 11) is -8.98. The lowest BCUT2D eigenvalue weighted by Crippen LogP contribution is -2.23.